The third kappa shape index (κ3) is 2.06. The van der Waals surface area contributed by atoms with Crippen molar-refractivity contribution in [3.63, 3.8) is 0 Å². The molecule has 0 bridgehead atoms. The Balaban J connectivity index is 2.00. The van der Waals surface area contributed by atoms with Crippen LogP contribution in [-0.4, -0.2) is 11.5 Å². The minimum atomic E-state index is -0.197. The molecule has 0 radical (unpaired) electrons. The minimum Gasteiger partial charge on any atom is -0.308 e. The molecule has 0 spiro atoms. The van der Waals surface area contributed by atoms with Crippen molar-refractivity contribution in [3.05, 3.63) is 40.0 Å². The van der Waals surface area contributed by atoms with Crippen LogP contribution in [0.4, 0.5) is 4.39 Å². The average molecular weight is 262 g/mol. The SMILES string of the molecule is Cc1sc(C2CCCN2)nc1-c1ccccc1F. The van der Waals surface area contributed by atoms with Gasteiger partial charge in [0.2, 0.25) is 0 Å². The molecule has 18 heavy (non-hydrogen) atoms. The average Bonchev–Trinajstić information content (AvgIpc) is 2.99. The van der Waals surface area contributed by atoms with Crippen molar-refractivity contribution in [1.82, 2.24) is 10.3 Å². The Morgan fingerprint density at radius 2 is 2.22 bits per heavy atom. The van der Waals surface area contributed by atoms with Gasteiger partial charge in [0.15, 0.2) is 0 Å². The van der Waals surface area contributed by atoms with Crippen molar-refractivity contribution in [2.75, 3.05) is 6.54 Å². The second kappa shape index (κ2) is 4.78. The first-order valence-corrected chi connectivity index (χ1v) is 7.03. The first kappa shape index (κ1) is 11.8. The molecule has 0 saturated carbocycles. The maximum atomic E-state index is 13.8. The predicted octanol–water partition coefficient (Wildman–Crippen LogP) is 3.68. The summed E-state index contributed by atoms with van der Waals surface area (Å²) in [7, 11) is 0. The molecule has 1 aromatic heterocycles. The molecule has 0 aliphatic carbocycles. The van der Waals surface area contributed by atoms with Crippen LogP contribution in [0.25, 0.3) is 11.3 Å². The van der Waals surface area contributed by atoms with Crippen molar-refractivity contribution < 1.29 is 4.39 Å². The number of aryl methyl sites for hydroxylation is 1. The third-order valence-corrected chi connectivity index (χ3v) is 4.39. The van der Waals surface area contributed by atoms with Crippen LogP contribution in [0.2, 0.25) is 0 Å². The number of halogens is 1. The lowest BCUT2D eigenvalue weighted by Crippen LogP contribution is -2.12. The molecule has 4 heteroatoms. The molecule has 1 fully saturated rings. The van der Waals surface area contributed by atoms with Gasteiger partial charge in [-0.2, -0.15) is 0 Å². The maximum Gasteiger partial charge on any atom is 0.132 e. The van der Waals surface area contributed by atoms with Gasteiger partial charge < -0.3 is 5.32 Å². The Labute approximate surface area is 110 Å². The Morgan fingerprint density at radius 1 is 1.39 bits per heavy atom. The van der Waals surface area contributed by atoms with Gasteiger partial charge in [-0.25, -0.2) is 9.37 Å². The number of hydrogen-bond acceptors (Lipinski definition) is 3. The molecule has 2 aromatic rings. The van der Waals surface area contributed by atoms with Crippen molar-refractivity contribution in [1.29, 1.82) is 0 Å². The van der Waals surface area contributed by atoms with Gasteiger partial charge in [0.25, 0.3) is 0 Å². The maximum absolute atomic E-state index is 13.8. The molecule has 1 aliphatic heterocycles. The van der Waals surface area contributed by atoms with E-state index in [1.165, 1.54) is 12.5 Å². The third-order valence-electron chi connectivity index (χ3n) is 3.30. The molecule has 94 valence electrons. The van der Waals surface area contributed by atoms with Crippen LogP contribution in [0.3, 0.4) is 0 Å². The lowest BCUT2D eigenvalue weighted by Gasteiger charge is -2.04. The fourth-order valence-electron chi connectivity index (χ4n) is 2.36. The van der Waals surface area contributed by atoms with E-state index in [2.05, 4.69) is 10.3 Å². The Hall–Kier alpha value is -1.26. The highest BCUT2D eigenvalue weighted by Gasteiger charge is 2.22. The smallest absolute Gasteiger partial charge is 0.132 e. The monoisotopic (exact) mass is 262 g/mol. The van der Waals surface area contributed by atoms with E-state index in [1.807, 2.05) is 13.0 Å². The van der Waals surface area contributed by atoms with Crippen molar-refractivity contribution in [2.45, 2.75) is 25.8 Å². The second-order valence-corrected chi connectivity index (χ2v) is 5.82. The largest absolute Gasteiger partial charge is 0.308 e. The summed E-state index contributed by atoms with van der Waals surface area (Å²) in [5.74, 6) is -0.197. The van der Waals surface area contributed by atoms with E-state index in [-0.39, 0.29) is 5.82 Å². The van der Waals surface area contributed by atoms with E-state index in [4.69, 9.17) is 0 Å². The van der Waals surface area contributed by atoms with Crippen molar-refractivity contribution >= 4 is 11.3 Å². The number of benzene rings is 1. The molecule has 1 aliphatic rings. The zero-order chi connectivity index (χ0) is 12.5. The fourth-order valence-corrected chi connectivity index (χ4v) is 3.41. The first-order valence-electron chi connectivity index (χ1n) is 6.21. The zero-order valence-electron chi connectivity index (χ0n) is 10.2. The van der Waals surface area contributed by atoms with Crippen LogP contribution in [0.15, 0.2) is 24.3 Å². The summed E-state index contributed by atoms with van der Waals surface area (Å²) in [6.07, 6.45) is 2.32. The van der Waals surface area contributed by atoms with E-state index in [0.29, 0.717) is 11.6 Å². The normalized spacial score (nSPS) is 19.3. The van der Waals surface area contributed by atoms with Gasteiger partial charge in [-0.1, -0.05) is 12.1 Å². The number of hydrogen-bond donors (Lipinski definition) is 1. The zero-order valence-corrected chi connectivity index (χ0v) is 11.1. The molecule has 1 aromatic carbocycles. The van der Waals surface area contributed by atoms with E-state index >= 15 is 0 Å². The Morgan fingerprint density at radius 3 is 2.94 bits per heavy atom. The van der Waals surface area contributed by atoms with Crippen molar-refractivity contribution in [3.8, 4) is 11.3 Å². The molecular formula is C14H15FN2S. The van der Waals surface area contributed by atoms with E-state index in [0.717, 1.165) is 28.5 Å². The van der Waals surface area contributed by atoms with Crippen LogP contribution in [0, 0.1) is 12.7 Å². The first-order chi connectivity index (χ1) is 8.75. The standard InChI is InChI=1S/C14H15FN2S/c1-9-13(10-5-2-3-6-11(10)15)17-14(18-9)12-7-4-8-16-12/h2-3,5-6,12,16H,4,7-8H2,1H3. The second-order valence-electron chi connectivity index (χ2n) is 4.59. The Bertz CT molecular complexity index is 559. The number of nitrogens with zero attached hydrogens (tertiary/aromatic N) is 1. The summed E-state index contributed by atoms with van der Waals surface area (Å²) in [4.78, 5) is 5.73. The molecule has 3 rings (SSSR count). The van der Waals surface area contributed by atoms with Gasteiger partial charge in [0.1, 0.15) is 10.8 Å². The van der Waals surface area contributed by atoms with E-state index in [9.17, 15) is 4.39 Å². The summed E-state index contributed by atoms with van der Waals surface area (Å²) >= 11 is 1.67. The Kier molecular flexibility index (Phi) is 3.14. The molecule has 1 N–H and O–H groups in total. The highest BCUT2D eigenvalue weighted by atomic mass is 32.1. The molecule has 1 saturated heterocycles. The van der Waals surface area contributed by atoms with E-state index in [1.54, 1.807) is 23.5 Å². The highest BCUT2D eigenvalue weighted by molar-refractivity contribution is 7.12. The van der Waals surface area contributed by atoms with Crippen LogP contribution in [0.1, 0.15) is 28.8 Å². The summed E-state index contributed by atoms with van der Waals surface area (Å²) in [5, 5.41) is 4.52. The lowest BCUT2D eigenvalue weighted by molar-refractivity contribution is 0.628. The van der Waals surface area contributed by atoms with Crippen LogP contribution >= 0.6 is 11.3 Å². The van der Waals surface area contributed by atoms with Gasteiger partial charge in [-0.05, 0) is 38.4 Å². The number of rotatable bonds is 2. The van der Waals surface area contributed by atoms with Crippen LogP contribution in [0.5, 0.6) is 0 Å². The van der Waals surface area contributed by atoms with Gasteiger partial charge in [0, 0.05) is 10.4 Å². The summed E-state index contributed by atoms with van der Waals surface area (Å²) in [6.45, 7) is 3.07. The van der Waals surface area contributed by atoms with Crippen LogP contribution in [-0.2, 0) is 0 Å². The topological polar surface area (TPSA) is 24.9 Å². The van der Waals surface area contributed by atoms with Gasteiger partial charge in [-0.3, -0.25) is 0 Å². The number of aromatic nitrogens is 1. The summed E-state index contributed by atoms with van der Waals surface area (Å²) in [6, 6.07) is 7.20. The molecule has 1 atom stereocenters. The summed E-state index contributed by atoms with van der Waals surface area (Å²) < 4.78 is 13.8. The molecular weight excluding hydrogens is 247 g/mol. The quantitative estimate of drug-likeness (QED) is 0.893. The van der Waals surface area contributed by atoms with Crippen LogP contribution < -0.4 is 5.32 Å². The lowest BCUT2D eigenvalue weighted by atomic mass is 10.1. The minimum absolute atomic E-state index is 0.197. The van der Waals surface area contributed by atoms with Crippen molar-refractivity contribution in [2.24, 2.45) is 0 Å². The molecule has 2 heterocycles. The predicted molar refractivity (Wildman–Crippen MR) is 72.2 cm³/mol. The fraction of sp³-hybridized carbons (Fsp3) is 0.357. The van der Waals surface area contributed by atoms with Gasteiger partial charge >= 0.3 is 0 Å². The molecule has 1 unspecified atom stereocenters. The summed E-state index contributed by atoms with van der Waals surface area (Å²) in [5.41, 5.74) is 1.40. The number of thiazole rings is 1. The molecule has 2 nitrogen and oxygen atoms in total. The molecule has 0 amide bonds. The highest BCUT2D eigenvalue weighted by Crippen LogP contribution is 2.34. The van der Waals surface area contributed by atoms with Gasteiger partial charge in [0.05, 0.1) is 11.7 Å². The van der Waals surface area contributed by atoms with Gasteiger partial charge in [-0.15, -0.1) is 11.3 Å². The van der Waals surface area contributed by atoms with E-state index < -0.39 is 0 Å². The number of nitrogens with one attached hydrogen (secondary N) is 1.